The van der Waals surface area contributed by atoms with E-state index in [4.69, 9.17) is 69.5 Å². The van der Waals surface area contributed by atoms with Crippen LogP contribution < -0.4 is 26.4 Å². The largest absolute Gasteiger partial charge is 0.397 e. The van der Waals surface area contributed by atoms with Gasteiger partial charge in [0.05, 0.1) is 53.7 Å². The van der Waals surface area contributed by atoms with E-state index >= 15 is 0 Å². The Kier molecular flexibility index (Phi) is 9.62. The molecule has 6 N–H and O–H groups in total. The van der Waals surface area contributed by atoms with E-state index < -0.39 is 33.8 Å². The minimum absolute atomic E-state index is 0.00542. The topological polar surface area (TPSA) is 148 Å². The van der Waals surface area contributed by atoms with Gasteiger partial charge in [0.1, 0.15) is 6.04 Å². The Hall–Kier alpha value is -3.38. The molecular weight excluding hydrogens is 716 g/mol. The summed E-state index contributed by atoms with van der Waals surface area (Å²) in [6.07, 6.45) is 0. The van der Waals surface area contributed by atoms with Crippen LogP contribution in [-0.4, -0.2) is 26.3 Å². The van der Waals surface area contributed by atoms with Crippen LogP contribution >= 0.6 is 58.0 Å². The second-order valence-corrected chi connectivity index (χ2v) is 14.4. The molecule has 2 amide bonds. The highest BCUT2D eigenvalue weighted by molar-refractivity contribution is 7.93. The van der Waals surface area contributed by atoms with Gasteiger partial charge in [-0.3, -0.25) is 13.9 Å². The van der Waals surface area contributed by atoms with Gasteiger partial charge in [-0.15, -0.1) is 0 Å². The van der Waals surface area contributed by atoms with Crippen molar-refractivity contribution in [1.29, 1.82) is 0 Å². The van der Waals surface area contributed by atoms with Crippen LogP contribution in [0.5, 0.6) is 0 Å². The molecule has 0 radical (unpaired) electrons. The number of hydrogen-bond donors (Lipinski definition) is 4. The summed E-state index contributed by atoms with van der Waals surface area (Å²) in [4.78, 5) is 28.3. The molecule has 0 bridgehead atoms. The molecule has 5 rings (SSSR count). The summed E-state index contributed by atoms with van der Waals surface area (Å²) < 4.78 is 30.4. The molecule has 0 fully saturated rings. The summed E-state index contributed by atoms with van der Waals surface area (Å²) in [6.45, 7) is 3.22. The van der Waals surface area contributed by atoms with Crippen molar-refractivity contribution in [3.8, 4) is 0 Å². The zero-order valence-electron chi connectivity index (χ0n) is 24.2. The molecule has 4 aromatic rings. The third-order valence-electron chi connectivity index (χ3n) is 7.60. The number of carbonyl (C=O) groups excluding carboxylic acids is 2. The molecule has 4 aromatic carbocycles. The Morgan fingerprint density at radius 1 is 0.913 bits per heavy atom. The van der Waals surface area contributed by atoms with E-state index in [1.165, 1.54) is 30.3 Å². The van der Waals surface area contributed by atoms with Crippen molar-refractivity contribution >= 4 is 103 Å². The first-order valence-electron chi connectivity index (χ1n) is 13.6. The summed E-state index contributed by atoms with van der Waals surface area (Å²) in [5.74, 6) is -3.35. The van der Waals surface area contributed by atoms with Crippen LogP contribution in [0.15, 0.2) is 65.6 Å². The van der Waals surface area contributed by atoms with Crippen LogP contribution in [0.3, 0.4) is 0 Å². The lowest BCUT2D eigenvalue weighted by Gasteiger charge is -2.41. The van der Waals surface area contributed by atoms with Gasteiger partial charge in [-0.2, -0.15) is 0 Å². The Morgan fingerprint density at radius 3 is 2.24 bits per heavy atom. The molecule has 0 saturated heterocycles. The van der Waals surface area contributed by atoms with Gasteiger partial charge in [-0.25, -0.2) is 8.42 Å². The number of sulfonamides is 1. The van der Waals surface area contributed by atoms with Gasteiger partial charge >= 0.3 is 0 Å². The second-order valence-electron chi connectivity index (χ2n) is 10.7. The molecule has 1 unspecified atom stereocenters. The van der Waals surface area contributed by atoms with Crippen molar-refractivity contribution < 1.29 is 18.0 Å². The predicted octanol–water partition coefficient (Wildman–Crippen LogP) is 7.35. The van der Waals surface area contributed by atoms with E-state index in [2.05, 4.69) is 10.6 Å². The van der Waals surface area contributed by atoms with Crippen molar-refractivity contribution in [1.82, 2.24) is 5.32 Å². The number of fused-ring (bicyclic) bond motifs is 1. The Bertz CT molecular complexity index is 1980. The summed E-state index contributed by atoms with van der Waals surface area (Å²) in [6, 6.07) is 13.9. The average molecular weight is 742 g/mol. The maximum absolute atomic E-state index is 14.8. The number of halogens is 5. The van der Waals surface area contributed by atoms with E-state index in [0.717, 1.165) is 9.87 Å². The van der Waals surface area contributed by atoms with Gasteiger partial charge in [-0.1, -0.05) is 88.3 Å². The van der Waals surface area contributed by atoms with Crippen molar-refractivity contribution in [2.45, 2.75) is 37.2 Å². The van der Waals surface area contributed by atoms with Crippen molar-refractivity contribution in [3.63, 3.8) is 0 Å². The number of amides is 2. The van der Waals surface area contributed by atoms with Gasteiger partial charge in [0, 0.05) is 17.1 Å². The Balaban J connectivity index is 1.81. The van der Waals surface area contributed by atoms with E-state index in [1.54, 1.807) is 38.1 Å². The third kappa shape index (κ3) is 6.17. The summed E-state index contributed by atoms with van der Waals surface area (Å²) in [7, 11) is -4.67. The third-order valence-corrected chi connectivity index (χ3v) is 11.5. The second kappa shape index (κ2) is 13.0. The number of hydrogen-bond acceptors (Lipinski definition) is 6. The van der Waals surface area contributed by atoms with Crippen LogP contribution in [-0.2, 0) is 26.2 Å². The Labute approximate surface area is 290 Å². The highest BCUT2D eigenvalue weighted by Crippen LogP contribution is 2.48. The smallest absolute Gasteiger partial charge is 0.265 e. The molecule has 0 spiro atoms. The SMILES string of the molecule is Cc1cc(S(=O)(=O)N2c3cc(Cl)c(Cl)cc3NC(=O)[C@@H]2C(C(=O)NCc2ccccc2)c2c(N)c(N)cc(Cl)c2Cl)c(C)cc1Cl. The van der Waals surface area contributed by atoms with Crippen LogP contribution in [0.2, 0.25) is 25.1 Å². The van der Waals surface area contributed by atoms with Crippen LogP contribution in [0.25, 0.3) is 0 Å². The molecule has 240 valence electrons. The minimum Gasteiger partial charge on any atom is -0.397 e. The highest BCUT2D eigenvalue weighted by Gasteiger charge is 2.50. The molecule has 0 aromatic heterocycles. The van der Waals surface area contributed by atoms with Crippen molar-refractivity contribution in [3.05, 3.63) is 108 Å². The minimum atomic E-state index is -4.67. The fraction of sp³-hybridized carbons (Fsp3) is 0.161. The van der Waals surface area contributed by atoms with E-state index in [9.17, 15) is 18.0 Å². The first-order chi connectivity index (χ1) is 21.6. The number of rotatable bonds is 7. The van der Waals surface area contributed by atoms with Crippen molar-refractivity contribution in [2.75, 3.05) is 21.1 Å². The molecule has 1 heterocycles. The molecule has 1 aliphatic rings. The normalized spacial score (nSPS) is 15.2. The molecule has 0 saturated carbocycles. The number of nitrogens with one attached hydrogen (secondary N) is 2. The predicted molar refractivity (Wildman–Crippen MR) is 186 cm³/mol. The Morgan fingerprint density at radius 2 is 1.57 bits per heavy atom. The molecule has 2 atom stereocenters. The number of carbonyl (C=O) groups is 2. The number of nitrogens with zero attached hydrogens (tertiary/aromatic N) is 1. The summed E-state index contributed by atoms with van der Waals surface area (Å²) in [5, 5.41) is 5.61. The maximum Gasteiger partial charge on any atom is 0.265 e. The molecule has 1 aliphatic heterocycles. The fourth-order valence-corrected chi connectivity index (χ4v) is 8.26. The van der Waals surface area contributed by atoms with Gasteiger partial charge in [0.2, 0.25) is 11.8 Å². The standard InChI is InChI=1S/C31H26Cl5N5O4S/c1-14-9-24(15(2)8-17(14)32)46(44,45)41-23-12-19(34)18(33)11-22(23)40-31(43)29(41)26(25-27(36)20(35)10-21(37)28(25)38)30(42)39-13-16-6-4-3-5-7-16/h3-12,26,29H,13,37-38H2,1-2H3,(H,39,42)(H,40,43)/t26?,29-/m0/s1. The molecule has 46 heavy (non-hydrogen) atoms. The van der Waals surface area contributed by atoms with Gasteiger partial charge < -0.3 is 22.1 Å². The van der Waals surface area contributed by atoms with Gasteiger partial charge in [-0.05, 0) is 60.9 Å². The molecular formula is C31H26Cl5N5O4S. The lowest BCUT2D eigenvalue weighted by atomic mass is 9.86. The number of nitrogen functional groups attached to an aromatic ring is 2. The first-order valence-corrected chi connectivity index (χ1v) is 16.9. The van der Waals surface area contributed by atoms with Gasteiger partial charge in [0.25, 0.3) is 10.0 Å². The van der Waals surface area contributed by atoms with Crippen LogP contribution in [0, 0.1) is 13.8 Å². The zero-order valence-corrected chi connectivity index (χ0v) is 28.8. The van der Waals surface area contributed by atoms with E-state index in [0.29, 0.717) is 10.6 Å². The lowest BCUT2D eigenvalue weighted by molar-refractivity contribution is -0.127. The summed E-state index contributed by atoms with van der Waals surface area (Å²) >= 11 is 32.1. The maximum atomic E-state index is 14.8. The van der Waals surface area contributed by atoms with E-state index in [-0.39, 0.29) is 65.4 Å². The van der Waals surface area contributed by atoms with Crippen LogP contribution in [0.1, 0.15) is 28.2 Å². The lowest BCUT2D eigenvalue weighted by Crippen LogP contribution is -2.56. The molecule has 0 aliphatic carbocycles. The zero-order chi connectivity index (χ0) is 33.7. The average Bonchev–Trinajstić information content (AvgIpc) is 3.00. The van der Waals surface area contributed by atoms with Gasteiger partial charge in [0.15, 0.2) is 0 Å². The fourth-order valence-electron chi connectivity index (χ4n) is 5.30. The number of aryl methyl sites for hydroxylation is 2. The number of anilines is 4. The highest BCUT2D eigenvalue weighted by atomic mass is 35.5. The summed E-state index contributed by atoms with van der Waals surface area (Å²) in [5.41, 5.74) is 13.7. The van der Waals surface area contributed by atoms with Crippen molar-refractivity contribution in [2.24, 2.45) is 0 Å². The first kappa shape index (κ1) is 34.0. The van der Waals surface area contributed by atoms with Crippen LogP contribution in [0.4, 0.5) is 22.7 Å². The molecule has 15 heteroatoms. The van der Waals surface area contributed by atoms with E-state index in [1.807, 2.05) is 6.07 Å². The number of nitrogens with two attached hydrogens (primary N) is 2. The monoisotopic (exact) mass is 739 g/mol. The molecule has 9 nitrogen and oxygen atoms in total. The number of benzene rings is 4. The quantitative estimate of drug-likeness (QED) is 0.146.